The highest BCUT2D eigenvalue weighted by Gasteiger charge is 2.31. The standard InChI is InChI=1S/C21H28BrN5O3/c1-14-12-26(8-9-27(14)20(29)30-21(2,3)4)16-6-7-18(23-11-16)24-17-10-15(22)13-25(5)19(17)28/h6-7,10-11,13-14H,8-9,12H2,1-5H3,(H,23,24)/t14-/m1/s1. The van der Waals surface area contributed by atoms with Crippen LogP contribution in [0.15, 0.2) is 39.9 Å². The van der Waals surface area contributed by atoms with Crippen molar-refractivity contribution in [3.63, 3.8) is 0 Å². The van der Waals surface area contributed by atoms with E-state index >= 15 is 0 Å². The molecule has 2 aromatic heterocycles. The molecule has 0 bridgehead atoms. The lowest BCUT2D eigenvalue weighted by atomic mass is 10.1. The first kappa shape index (κ1) is 22.1. The fraction of sp³-hybridized carbons (Fsp3) is 0.476. The molecule has 0 radical (unpaired) electrons. The van der Waals surface area contributed by atoms with Crippen molar-refractivity contribution in [3.05, 3.63) is 45.4 Å². The number of nitrogens with zero attached hydrogens (tertiary/aromatic N) is 4. The second kappa shape index (κ2) is 8.67. The molecule has 0 aliphatic carbocycles. The number of amides is 1. The third kappa shape index (κ3) is 5.33. The quantitative estimate of drug-likeness (QED) is 0.725. The lowest BCUT2D eigenvalue weighted by molar-refractivity contribution is 0.0159. The van der Waals surface area contributed by atoms with Crippen LogP contribution in [0.5, 0.6) is 0 Å². The van der Waals surface area contributed by atoms with Gasteiger partial charge in [-0.15, -0.1) is 0 Å². The Morgan fingerprint density at radius 1 is 1.30 bits per heavy atom. The van der Waals surface area contributed by atoms with Crippen LogP contribution in [0.2, 0.25) is 0 Å². The zero-order valence-corrected chi connectivity index (χ0v) is 19.6. The summed E-state index contributed by atoms with van der Waals surface area (Å²) in [5.74, 6) is 0.592. The lowest BCUT2D eigenvalue weighted by Crippen LogP contribution is -2.55. The van der Waals surface area contributed by atoms with Crippen LogP contribution in [0.25, 0.3) is 0 Å². The van der Waals surface area contributed by atoms with Crippen molar-refractivity contribution < 1.29 is 9.53 Å². The first-order valence-corrected chi connectivity index (χ1v) is 10.7. The maximum absolute atomic E-state index is 12.4. The van der Waals surface area contributed by atoms with Crippen LogP contribution in [0.4, 0.5) is 22.0 Å². The highest BCUT2D eigenvalue weighted by atomic mass is 79.9. The molecule has 162 valence electrons. The Kier molecular flexibility index (Phi) is 6.40. The van der Waals surface area contributed by atoms with Crippen LogP contribution in [0, 0.1) is 0 Å². The third-order valence-corrected chi connectivity index (χ3v) is 5.21. The summed E-state index contributed by atoms with van der Waals surface area (Å²) in [4.78, 5) is 33.1. The molecule has 0 saturated carbocycles. The van der Waals surface area contributed by atoms with E-state index in [1.807, 2.05) is 39.8 Å². The van der Waals surface area contributed by atoms with Gasteiger partial charge in [-0.25, -0.2) is 9.78 Å². The summed E-state index contributed by atoms with van der Waals surface area (Å²) < 4.78 is 7.82. The molecule has 0 unspecified atom stereocenters. The maximum atomic E-state index is 12.4. The average molecular weight is 478 g/mol. The molecule has 0 spiro atoms. The van der Waals surface area contributed by atoms with E-state index in [0.717, 1.165) is 10.2 Å². The highest BCUT2D eigenvalue weighted by Crippen LogP contribution is 2.22. The number of nitrogens with one attached hydrogen (secondary N) is 1. The van der Waals surface area contributed by atoms with Gasteiger partial charge in [-0.3, -0.25) is 4.79 Å². The van der Waals surface area contributed by atoms with Crippen molar-refractivity contribution in [2.24, 2.45) is 7.05 Å². The number of aromatic nitrogens is 2. The molecule has 1 atom stereocenters. The minimum atomic E-state index is -0.504. The lowest BCUT2D eigenvalue weighted by Gasteiger charge is -2.41. The van der Waals surface area contributed by atoms with Crippen LogP contribution in [0.3, 0.4) is 0 Å². The zero-order chi connectivity index (χ0) is 22.1. The van der Waals surface area contributed by atoms with Gasteiger partial charge in [-0.1, -0.05) is 0 Å². The Morgan fingerprint density at radius 3 is 2.63 bits per heavy atom. The summed E-state index contributed by atoms with van der Waals surface area (Å²) in [7, 11) is 1.70. The van der Waals surface area contributed by atoms with Crippen molar-refractivity contribution >= 4 is 39.2 Å². The molecule has 1 aliphatic heterocycles. The van der Waals surface area contributed by atoms with Crippen molar-refractivity contribution in [1.29, 1.82) is 0 Å². The van der Waals surface area contributed by atoms with Crippen molar-refractivity contribution in [2.45, 2.75) is 39.3 Å². The molecule has 8 nitrogen and oxygen atoms in total. The van der Waals surface area contributed by atoms with E-state index in [9.17, 15) is 9.59 Å². The summed E-state index contributed by atoms with van der Waals surface area (Å²) in [5.41, 5.74) is 0.789. The van der Waals surface area contributed by atoms with E-state index < -0.39 is 5.60 Å². The number of ether oxygens (including phenoxy) is 1. The maximum Gasteiger partial charge on any atom is 0.410 e. The van der Waals surface area contributed by atoms with E-state index in [2.05, 4.69) is 31.1 Å². The van der Waals surface area contributed by atoms with Crippen LogP contribution in [-0.2, 0) is 11.8 Å². The van der Waals surface area contributed by atoms with Gasteiger partial charge in [-0.2, -0.15) is 0 Å². The topological polar surface area (TPSA) is 79.7 Å². The Balaban J connectivity index is 1.65. The van der Waals surface area contributed by atoms with E-state index in [4.69, 9.17) is 4.74 Å². The summed E-state index contributed by atoms with van der Waals surface area (Å²) >= 11 is 3.40. The van der Waals surface area contributed by atoms with Crippen LogP contribution in [0.1, 0.15) is 27.7 Å². The normalized spacial score (nSPS) is 17.1. The Hall–Kier alpha value is -2.55. The predicted molar refractivity (Wildman–Crippen MR) is 122 cm³/mol. The molecule has 30 heavy (non-hydrogen) atoms. The van der Waals surface area contributed by atoms with Gasteiger partial charge in [0.2, 0.25) is 0 Å². The molecule has 1 amide bonds. The summed E-state index contributed by atoms with van der Waals surface area (Å²) in [5, 5.41) is 3.07. The number of aryl methyl sites for hydroxylation is 1. The molecule has 1 saturated heterocycles. The molecular formula is C21H28BrN5O3. The molecule has 3 rings (SSSR count). The van der Waals surface area contributed by atoms with Crippen molar-refractivity contribution in [1.82, 2.24) is 14.5 Å². The van der Waals surface area contributed by atoms with Gasteiger partial charge >= 0.3 is 6.09 Å². The fourth-order valence-electron chi connectivity index (χ4n) is 3.33. The Morgan fingerprint density at radius 2 is 2.03 bits per heavy atom. The van der Waals surface area contributed by atoms with Gasteiger partial charge in [0.1, 0.15) is 17.1 Å². The number of rotatable bonds is 3. The number of piperazine rings is 1. The number of carbonyl (C=O) groups is 1. The average Bonchev–Trinajstić information content (AvgIpc) is 2.64. The number of hydrogen-bond donors (Lipinski definition) is 1. The summed E-state index contributed by atoms with van der Waals surface area (Å²) in [6.45, 7) is 9.61. The van der Waals surface area contributed by atoms with E-state index in [1.54, 1.807) is 30.4 Å². The molecule has 1 N–H and O–H groups in total. The van der Waals surface area contributed by atoms with Gasteiger partial charge in [0.05, 0.1) is 11.9 Å². The minimum Gasteiger partial charge on any atom is -0.444 e. The van der Waals surface area contributed by atoms with Gasteiger partial charge < -0.3 is 24.4 Å². The van der Waals surface area contributed by atoms with Crippen molar-refractivity contribution in [2.75, 3.05) is 29.9 Å². The monoisotopic (exact) mass is 477 g/mol. The number of pyridine rings is 2. The summed E-state index contributed by atoms with van der Waals surface area (Å²) in [6, 6.07) is 5.57. The van der Waals surface area contributed by atoms with Gasteiger partial charge in [0, 0.05) is 43.4 Å². The second-order valence-corrected chi connectivity index (χ2v) is 9.40. The molecule has 3 heterocycles. The third-order valence-electron chi connectivity index (χ3n) is 4.78. The summed E-state index contributed by atoms with van der Waals surface area (Å²) in [6.07, 6.45) is 3.21. The molecular weight excluding hydrogens is 450 g/mol. The van der Waals surface area contributed by atoms with Gasteiger partial charge in [-0.05, 0) is 61.8 Å². The molecule has 1 fully saturated rings. The largest absolute Gasteiger partial charge is 0.444 e. The Labute approximate surface area is 185 Å². The van der Waals surface area contributed by atoms with Crippen LogP contribution >= 0.6 is 15.9 Å². The van der Waals surface area contributed by atoms with Gasteiger partial charge in [0.25, 0.3) is 5.56 Å². The smallest absolute Gasteiger partial charge is 0.410 e. The molecule has 9 heteroatoms. The first-order valence-electron chi connectivity index (χ1n) is 9.87. The van der Waals surface area contributed by atoms with Crippen molar-refractivity contribution in [3.8, 4) is 0 Å². The number of hydrogen-bond acceptors (Lipinski definition) is 6. The number of halogens is 1. The number of carbonyl (C=O) groups excluding carboxylic acids is 1. The minimum absolute atomic E-state index is 0.0242. The van der Waals surface area contributed by atoms with Gasteiger partial charge in [0.15, 0.2) is 0 Å². The fourth-order valence-corrected chi connectivity index (χ4v) is 3.87. The second-order valence-electron chi connectivity index (χ2n) is 8.48. The number of anilines is 3. The molecule has 1 aliphatic rings. The molecule has 0 aromatic carbocycles. The van der Waals surface area contributed by atoms with E-state index in [-0.39, 0.29) is 17.7 Å². The SMILES string of the molecule is C[C@@H]1CN(c2ccc(Nc3cc(Br)cn(C)c3=O)nc2)CCN1C(=O)OC(C)(C)C. The van der Waals surface area contributed by atoms with Crippen LogP contribution in [-0.4, -0.2) is 51.8 Å². The molecule has 2 aromatic rings. The highest BCUT2D eigenvalue weighted by molar-refractivity contribution is 9.10. The zero-order valence-electron chi connectivity index (χ0n) is 18.0. The van der Waals surface area contributed by atoms with E-state index in [0.29, 0.717) is 31.1 Å². The predicted octanol–water partition coefficient (Wildman–Crippen LogP) is 3.73. The Bertz CT molecular complexity index is 968. The van der Waals surface area contributed by atoms with E-state index in [1.165, 1.54) is 4.57 Å². The van der Waals surface area contributed by atoms with Crippen LogP contribution < -0.4 is 15.8 Å². The first-order chi connectivity index (χ1) is 14.0.